The highest BCUT2D eigenvalue weighted by Gasteiger charge is 2.12. The maximum atomic E-state index is 2.51. The smallest absolute Gasteiger partial charge is 0.394 e. The van der Waals surface area contributed by atoms with Gasteiger partial charge in [-0.05, 0) is 29.6 Å². The van der Waals surface area contributed by atoms with Crippen molar-refractivity contribution in [1.29, 1.82) is 0 Å². The van der Waals surface area contributed by atoms with Crippen molar-refractivity contribution in [3.63, 3.8) is 0 Å². The van der Waals surface area contributed by atoms with Crippen molar-refractivity contribution < 1.29 is 0 Å². The molecule has 1 aliphatic heterocycles. The van der Waals surface area contributed by atoms with Crippen LogP contribution >= 0.6 is 0 Å². The molecule has 2 aromatic rings. The molecule has 1 aromatic carbocycles. The fourth-order valence-corrected chi connectivity index (χ4v) is 3.91. The van der Waals surface area contributed by atoms with Crippen LogP contribution in [0.25, 0.3) is 10.9 Å². The lowest BCUT2D eigenvalue weighted by atomic mass is 10.1. The number of nitrogens with zero attached hydrogens (tertiary/aromatic N) is 1. The molecule has 58 valence electrons. The average molecular weight is 171 g/mol. The zero-order valence-electron chi connectivity index (χ0n) is 6.96. The molecule has 2 heteroatoms. The second-order valence-electron chi connectivity index (χ2n) is 3.47. The Morgan fingerprint density at radius 2 is 2.25 bits per heavy atom. The van der Waals surface area contributed by atoms with Crippen LogP contribution in [0, 0.1) is 0 Å². The Morgan fingerprint density at radius 3 is 3.25 bits per heavy atom. The van der Waals surface area contributed by atoms with Crippen LogP contribution in [-0.2, 0) is 6.42 Å². The van der Waals surface area contributed by atoms with Gasteiger partial charge in [0, 0.05) is 5.52 Å². The van der Waals surface area contributed by atoms with E-state index in [0.717, 1.165) is 0 Å². The summed E-state index contributed by atoms with van der Waals surface area (Å²) in [6.45, 7) is 0. The van der Waals surface area contributed by atoms with Crippen molar-refractivity contribution in [3.8, 4) is 0 Å². The number of aryl methyl sites for hydroxylation is 1. The number of hydrogen-bond donors (Lipinski definition) is 0. The van der Waals surface area contributed by atoms with Gasteiger partial charge in [0.2, 0.25) is 0 Å². The maximum Gasteiger partial charge on any atom is 0.394 e. The van der Waals surface area contributed by atoms with E-state index in [9.17, 15) is 0 Å². The third kappa shape index (κ3) is 0.798. The lowest BCUT2D eigenvalue weighted by molar-refractivity contribution is 1.06. The van der Waals surface area contributed by atoms with Gasteiger partial charge >= 0.3 is 15.4 Å². The average Bonchev–Trinajstić information content (AvgIpc) is 2.52. The van der Waals surface area contributed by atoms with Crippen molar-refractivity contribution in [2.24, 2.45) is 0 Å². The number of benzene rings is 1. The zero-order chi connectivity index (χ0) is 7.97. The largest absolute Gasteiger partial charge is 0.442 e. The molecule has 0 unspecified atom stereocenters. The number of para-hydroxylation sites is 1. The predicted molar refractivity (Wildman–Crippen MR) is 53.0 cm³/mol. The minimum atomic E-state index is 0.0124. The Morgan fingerprint density at radius 1 is 1.25 bits per heavy atom. The van der Waals surface area contributed by atoms with Crippen LogP contribution < -0.4 is 0 Å². The SMILES string of the molecule is c1cc2c3c(c1)cc[n]3[AlH][CH2]C2. The Labute approximate surface area is 77.9 Å². The van der Waals surface area contributed by atoms with Crippen LogP contribution in [0.2, 0.25) is 5.28 Å². The fourth-order valence-electron chi connectivity index (χ4n) is 2.17. The van der Waals surface area contributed by atoms with Gasteiger partial charge in [-0.2, -0.15) is 0 Å². The van der Waals surface area contributed by atoms with Crippen LogP contribution in [0.1, 0.15) is 5.56 Å². The van der Waals surface area contributed by atoms with E-state index in [1.165, 1.54) is 22.6 Å². The van der Waals surface area contributed by atoms with Crippen LogP contribution in [-0.4, -0.2) is 19.0 Å². The van der Waals surface area contributed by atoms with Crippen molar-refractivity contribution in [2.75, 3.05) is 0 Å². The first-order valence-corrected chi connectivity index (χ1v) is 6.15. The minimum absolute atomic E-state index is 0.0124. The summed E-state index contributed by atoms with van der Waals surface area (Å²) in [5, 5.41) is 2.86. The van der Waals surface area contributed by atoms with Crippen LogP contribution in [0.3, 0.4) is 0 Å². The fraction of sp³-hybridized carbons (Fsp3) is 0.200. The monoisotopic (exact) mass is 171 g/mol. The molecule has 0 spiro atoms. The zero-order valence-corrected chi connectivity index (χ0v) is 8.37. The lowest BCUT2D eigenvalue weighted by Crippen LogP contribution is -2.11. The van der Waals surface area contributed by atoms with Crippen molar-refractivity contribution >= 4 is 26.3 Å². The van der Waals surface area contributed by atoms with Gasteiger partial charge in [0.05, 0.1) is 0 Å². The molecule has 12 heavy (non-hydrogen) atoms. The van der Waals surface area contributed by atoms with E-state index in [-0.39, 0.29) is 15.4 Å². The molecule has 0 fully saturated rings. The summed E-state index contributed by atoms with van der Waals surface area (Å²) >= 11 is 0.0124. The van der Waals surface area contributed by atoms with Crippen LogP contribution in [0.15, 0.2) is 30.5 Å². The van der Waals surface area contributed by atoms with Gasteiger partial charge in [-0.1, -0.05) is 23.5 Å². The second-order valence-corrected chi connectivity index (χ2v) is 5.30. The molecule has 1 aromatic heterocycles. The van der Waals surface area contributed by atoms with E-state index in [2.05, 4.69) is 34.0 Å². The van der Waals surface area contributed by atoms with E-state index in [1.54, 1.807) is 5.56 Å². The Kier molecular flexibility index (Phi) is 1.35. The highest BCUT2D eigenvalue weighted by atomic mass is 27.1. The molecule has 1 aliphatic rings. The molecule has 0 aliphatic carbocycles. The Balaban J connectivity index is 2.50. The number of aromatic nitrogens is 1. The highest BCUT2D eigenvalue weighted by Crippen LogP contribution is 2.24. The quantitative estimate of drug-likeness (QED) is 0.533. The van der Waals surface area contributed by atoms with Gasteiger partial charge in [0.15, 0.2) is 0 Å². The van der Waals surface area contributed by atoms with Gasteiger partial charge in [0.25, 0.3) is 0 Å². The number of rotatable bonds is 0. The summed E-state index contributed by atoms with van der Waals surface area (Å²) in [5.41, 5.74) is 3.08. The standard InChI is InChI=1S/C10H9N.Al.H/c1-2-8-4-3-5-9-6-7-11-10(8)9;;/h3-7H,1-2H2;;/q-1;+1;. The molecule has 0 atom stereocenters. The van der Waals surface area contributed by atoms with E-state index >= 15 is 0 Å². The highest BCUT2D eigenvalue weighted by molar-refractivity contribution is 6.36. The summed E-state index contributed by atoms with van der Waals surface area (Å²) in [4.78, 5) is 0. The van der Waals surface area contributed by atoms with Gasteiger partial charge in [-0.15, -0.1) is 0 Å². The van der Waals surface area contributed by atoms with E-state index in [1.807, 2.05) is 0 Å². The first-order chi connectivity index (χ1) is 5.95. The summed E-state index contributed by atoms with van der Waals surface area (Å²) < 4.78 is 2.51. The Hall–Kier alpha value is -0.708. The number of hydrogen-bond acceptors (Lipinski definition) is 0. The van der Waals surface area contributed by atoms with Crippen molar-refractivity contribution in [2.45, 2.75) is 11.7 Å². The summed E-state index contributed by atoms with van der Waals surface area (Å²) in [6, 6.07) is 8.91. The van der Waals surface area contributed by atoms with Gasteiger partial charge < -0.3 is 3.55 Å². The molecule has 0 N–H and O–H groups in total. The van der Waals surface area contributed by atoms with Gasteiger partial charge in [-0.25, -0.2) is 0 Å². The van der Waals surface area contributed by atoms with E-state index in [4.69, 9.17) is 0 Å². The first kappa shape index (κ1) is 6.77. The Bertz CT molecular complexity index is 430. The van der Waals surface area contributed by atoms with Crippen molar-refractivity contribution in [1.82, 2.24) is 3.55 Å². The minimum Gasteiger partial charge on any atom is -0.442 e. The van der Waals surface area contributed by atoms with E-state index in [0.29, 0.717) is 0 Å². The second kappa shape index (κ2) is 2.39. The molecular weight excluding hydrogens is 161 g/mol. The van der Waals surface area contributed by atoms with Crippen LogP contribution in [0.4, 0.5) is 0 Å². The molecule has 2 heterocycles. The molecule has 3 rings (SSSR count). The lowest BCUT2D eigenvalue weighted by Gasteiger charge is -2.13. The molecule has 0 amide bonds. The molecule has 0 bridgehead atoms. The third-order valence-electron chi connectivity index (χ3n) is 2.72. The van der Waals surface area contributed by atoms with E-state index < -0.39 is 0 Å². The first-order valence-electron chi connectivity index (χ1n) is 4.52. The maximum absolute atomic E-state index is 2.51. The summed E-state index contributed by atoms with van der Waals surface area (Å²) in [5.74, 6) is 0. The van der Waals surface area contributed by atoms with Crippen molar-refractivity contribution in [3.05, 3.63) is 36.0 Å². The topological polar surface area (TPSA) is 4.93 Å². The summed E-state index contributed by atoms with van der Waals surface area (Å²) in [7, 11) is 0. The predicted octanol–water partition coefficient (Wildman–Crippen LogP) is 1.82. The normalized spacial score (nSPS) is 14.7. The third-order valence-corrected chi connectivity index (χ3v) is 4.40. The summed E-state index contributed by atoms with van der Waals surface area (Å²) in [6.07, 6.45) is 3.58. The molecule has 0 saturated carbocycles. The van der Waals surface area contributed by atoms with Gasteiger partial charge in [-0.3, -0.25) is 0 Å². The molecule has 0 radical (unpaired) electrons. The van der Waals surface area contributed by atoms with Gasteiger partial charge in [0.1, 0.15) is 0 Å². The molecule has 1 nitrogen and oxygen atoms in total. The molecule has 0 saturated heterocycles. The van der Waals surface area contributed by atoms with Crippen LogP contribution in [0.5, 0.6) is 0 Å². The molecular formula is C10H10AlN.